The van der Waals surface area contributed by atoms with Crippen molar-refractivity contribution < 1.29 is 18.0 Å². The summed E-state index contributed by atoms with van der Waals surface area (Å²) >= 11 is 1.30. The molecule has 1 aromatic heterocycles. The van der Waals surface area contributed by atoms with Crippen molar-refractivity contribution in [2.45, 2.75) is 12.8 Å². The largest absolute Gasteiger partial charge is 0.355 e. The molecule has 3 amide bonds. The lowest BCUT2D eigenvalue weighted by Gasteiger charge is -2.19. The zero-order chi connectivity index (χ0) is 20.4. The number of nitrogens with zero attached hydrogens (tertiary/aromatic N) is 3. The van der Waals surface area contributed by atoms with Crippen LogP contribution in [0.1, 0.15) is 11.3 Å². The van der Waals surface area contributed by atoms with Crippen molar-refractivity contribution in [3.8, 4) is 0 Å². The molecule has 4 rings (SSSR count). The predicted molar refractivity (Wildman–Crippen MR) is 111 cm³/mol. The van der Waals surface area contributed by atoms with Crippen LogP contribution in [0.5, 0.6) is 0 Å². The zero-order valence-electron chi connectivity index (χ0n) is 15.6. The van der Waals surface area contributed by atoms with Crippen LogP contribution in [0.15, 0.2) is 29.6 Å². The first-order valence-electron chi connectivity index (χ1n) is 9.29. The van der Waals surface area contributed by atoms with E-state index in [2.05, 4.69) is 15.6 Å². The molecule has 3 heterocycles. The van der Waals surface area contributed by atoms with E-state index in [0.29, 0.717) is 36.9 Å². The molecule has 0 aliphatic carbocycles. The molecule has 29 heavy (non-hydrogen) atoms. The lowest BCUT2D eigenvalue weighted by molar-refractivity contribution is -0.120. The maximum Gasteiger partial charge on any atom is 0.323 e. The number of hydrogen-bond acceptors (Lipinski definition) is 6. The van der Waals surface area contributed by atoms with Gasteiger partial charge in [0.25, 0.3) is 0 Å². The third kappa shape index (κ3) is 4.20. The quantitative estimate of drug-likeness (QED) is 0.666. The molecule has 2 aromatic rings. The third-order valence-electron chi connectivity index (χ3n) is 4.83. The Morgan fingerprint density at radius 1 is 1.28 bits per heavy atom. The molecule has 0 spiro atoms. The van der Waals surface area contributed by atoms with E-state index in [1.165, 1.54) is 20.5 Å². The summed E-state index contributed by atoms with van der Waals surface area (Å²) in [5.41, 5.74) is 2.30. The molecule has 1 saturated heterocycles. The minimum atomic E-state index is -3.50. The normalized spacial score (nSPS) is 16.1. The number of rotatable bonds is 7. The standard InChI is InChI=1S/C18H21N5O4S2/c24-16(11-14-12-28-18(21-14)22-9-6-20-17(22)25)19-7-10-29(26,27)23-8-5-13-3-1-2-4-15(13)23/h1-4,12H,5-11H2,(H,19,24)(H,20,25). The summed E-state index contributed by atoms with van der Waals surface area (Å²) in [6.45, 7) is 1.59. The highest BCUT2D eigenvalue weighted by atomic mass is 32.2. The number of fused-ring (bicyclic) bond motifs is 1. The lowest BCUT2D eigenvalue weighted by atomic mass is 10.2. The summed E-state index contributed by atoms with van der Waals surface area (Å²) in [5.74, 6) is -0.465. The Morgan fingerprint density at radius 2 is 2.10 bits per heavy atom. The van der Waals surface area contributed by atoms with Crippen molar-refractivity contribution in [2.24, 2.45) is 0 Å². The Bertz CT molecular complexity index is 1040. The molecular formula is C18H21N5O4S2. The van der Waals surface area contributed by atoms with Crippen LogP contribution < -0.4 is 19.8 Å². The van der Waals surface area contributed by atoms with Crippen LogP contribution >= 0.6 is 11.3 Å². The number of carbonyl (C=O) groups excluding carboxylic acids is 2. The summed E-state index contributed by atoms with van der Waals surface area (Å²) in [5, 5.41) is 7.64. The number of benzene rings is 1. The lowest BCUT2D eigenvalue weighted by Crippen LogP contribution is -2.37. The first-order valence-corrected chi connectivity index (χ1v) is 11.8. The number of sulfonamides is 1. The molecule has 2 aliphatic rings. The van der Waals surface area contributed by atoms with Gasteiger partial charge in [-0.3, -0.25) is 14.0 Å². The Kier molecular flexibility index (Phi) is 5.41. The highest BCUT2D eigenvalue weighted by Gasteiger charge is 2.29. The smallest absolute Gasteiger partial charge is 0.323 e. The van der Waals surface area contributed by atoms with Crippen LogP contribution in [-0.2, 0) is 27.7 Å². The van der Waals surface area contributed by atoms with Crippen molar-refractivity contribution in [1.82, 2.24) is 15.6 Å². The number of thiazole rings is 1. The van der Waals surface area contributed by atoms with E-state index in [-0.39, 0.29) is 30.7 Å². The van der Waals surface area contributed by atoms with Crippen LogP contribution in [0.3, 0.4) is 0 Å². The molecule has 11 heteroatoms. The van der Waals surface area contributed by atoms with Gasteiger partial charge in [0, 0.05) is 31.6 Å². The summed E-state index contributed by atoms with van der Waals surface area (Å²) in [4.78, 5) is 29.7. The van der Waals surface area contributed by atoms with E-state index in [1.807, 2.05) is 18.2 Å². The van der Waals surface area contributed by atoms with Gasteiger partial charge >= 0.3 is 6.03 Å². The number of hydrogen-bond donors (Lipinski definition) is 2. The number of aromatic nitrogens is 1. The average Bonchev–Trinajstić information content (AvgIpc) is 3.40. The van der Waals surface area contributed by atoms with Crippen LogP contribution in [0.25, 0.3) is 0 Å². The van der Waals surface area contributed by atoms with E-state index >= 15 is 0 Å². The molecule has 2 aliphatic heterocycles. The number of carbonyl (C=O) groups is 2. The van der Waals surface area contributed by atoms with Crippen molar-refractivity contribution >= 4 is 44.1 Å². The minimum absolute atomic E-state index is 0.0331. The van der Waals surface area contributed by atoms with E-state index in [0.717, 1.165) is 11.3 Å². The van der Waals surface area contributed by atoms with Crippen LogP contribution in [0, 0.1) is 0 Å². The monoisotopic (exact) mass is 435 g/mol. The van der Waals surface area contributed by atoms with Crippen molar-refractivity contribution in [2.75, 3.05) is 41.1 Å². The minimum Gasteiger partial charge on any atom is -0.355 e. The Labute approximate surface area is 172 Å². The molecule has 1 aromatic carbocycles. The van der Waals surface area contributed by atoms with Crippen molar-refractivity contribution in [1.29, 1.82) is 0 Å². The van der Waals surface area contributed by atoms with Crippen molar-refractivity contribution in [3.05, 3.63) is 40.9 Å². The molecule has 9 nitrogen and oxygen atoms in total. The molecule has 0 saturated carbocycles. The Hall–Kier alpha value is -2.66. The van der Waals surface area contributed by atoms with Crippen LogP contribution in [0.2, 0.25) is 0 Å². The summed E-state index contributed by atoms with van der Waals surface area (Å²) < 4.78 is 26.7. The summed E-state index contributed by atoms with van der Waals surface area (Å²) in [6.07, 6.45) is 0.738. The highest BCUT2D eigenvalue weighted by Crippen LogP contribution is 2.29. The van der Waals surface area contributed by atoms with Gasteiger partial charge in [-0.05, 0) is 18.1 Å². The number of para-hydroxylation sites is 1. The number of urea groups is 1. The fraction of sp³-hybridized carbons (Fsp3) is 0.389. The van der Waals surface area contributed by atoms with Crippen LogP contribution in [-0.4, -0.2) is 57.3 Å². The topological polar surface area (TPSA) is 112 Å². The Balaban J connectivity index is 1.28. The van der Waals surface area contributed by atoms with Gasteiger partial charge in [-0.25, -0.2) is 18.2 Å². The van der Waals surface area contributed by atoms with Gasteiger partial charge in [0.05, 0.1) is 23.6 Å². The molecule has 0 radical (unpaired) electrons. The summed E-state index contributed by atoms with van der Waals surface area (Å²) in [6, 6.07) is 7.26. The number of nitrogens with one attached hydrogen (secondary N) is 2. The van der Waals surface area contributed by atoms with E-state index in [9.17, 15) is 18.0 Å². The second-order valence-electron chi connectivity index (χ2n) is 6.80. The van der Waals surface area contributed by atoms with Gasteiger partial charge in [-0.2, -0.15) is 0 Å². The van der Waals surface area contributed by atoms with Gasteiger partial charge in [-0.15, -0.1) is 11.3 Å². The van der Waals surface area contributed by atoms with Gasteiger partial charge < -0.3 is 10.6 Å². The molecule has 0 unspecified atom stereocenters. The second-order valence-corrected chi connectivity index (χ2v) is 9.65. The van der Waals surface area contributed by atoms with Gasteiger partial charge in [0.1, 0.15) is 0 Å². The maximum absolute atomic E-state index is 12.6. The van der Waals surface area contributed by atoms with Gasteiger partial charge in [-0.1, -0.05) is 18.2 Å². The SMILES string of the molecule is O=C(Cc1csc(N2CCNC2=O)n1)NCCS(=O)(=O)N1CCc2ccccc21. The molecule has 154 valence electrons. The average molecular weight is 436 g/mol. The van der Waals surface area contributed by atoms with Gasteiger partial charge in [0.15, 0.2) is 5.13 Å². The first-order chi connectivity index (χ1) is 13.9. The second kappa shape index (κ2) is 7.99. The van der Waals surface area contributed by atoms with E-state index < -0.39 is 10.0 Å². The number of anilines is 2. The molecule has 0 atom stereocenters. The molecule has 0 bridgehead atoms. The fourth-order valence-corrected chi connectivity index (χ4v) is 5.69. The van der Waals surface area contributed by atoms with Crippen LogP contribution in [0.4, 0.5) is 15.6 Å². The zero-order valence-corrected chi connectivity index (χ0v) is 17.3. The fourth-order valence-electron chi connectivity index (χ4n) is 3.41. The van der Waals surface area contributed by atoms with Crippen molar-refractivity contribution in [3.63, 3.8) is 0 Å². The predicted octanol–water partition coefficient (Wildman–Crippen LogP) is 0.724. The molecular weight excluding hydrogens is 414 g/mol. The van der Waals surface area contributed by atoms with E-state index in [4.69, 9.17) is 0 Å². The Morgan fingerprint density at radius 3 is 2.90 bits per heavy atom. The van der Waals surface area contributed by atoms with E-state index in [1.54, 1.807) is 11.4 Å². The number of amides is 3. The maximum atomic E-state index is 12.6. The molecule has 1 fully saturated rings. The third-order valence-corrected chi connectivity index (χ3v) is 7.51. The highest BCUT2D eigenvalue weighted by molar-refractivity contribution is 7.92. The summed E-state index contributed by atoms with van der Waals surface area (Å²) in [7, 11) is -3.50. The molecule has 2 N–H and O–H groups in total. The van der Waals surface area contributed by atoms with Gasteiger partial charge in [0.2, 0.25) is 15.9 Å². The first kappa shape index (κ1) is 19.6.